The van der Waals surface area contributed by atoms with Crippen molar-refractivity contribution in [3.63, 3.8) is 0 Å². The first-order valence-corrected chi connectivity index (χ1v) is 11.7. The number of carboxylic acid groups (broad SMARTS) is 1. The van der Waals surface area contributed by atoms with Gasteiger partial charge in [0.1, 0.15) is 0 Å². The molecule has 1 aliphatic rings. The minimum Gasteiger partial charge on any atom is -0.475 e. The number of rotatable bonds is 5. The van der Waals surface area contributed by atoms with E-state index in [1.165, 1.54) is 0 Å². The van der Waals surface area contributed by atoms with Crippen LogP contribution in [0.3, 0.4) is 0 Å². The zero-order chi connectivity index (χ0) is 27.2. The molecular weight excluding hydrogens is 487 g/mol. The smallest absolute Gasteiger partial charge is 0.475 e. The average Bonchev–Trinajstić information content (AvgIpc) is 3.40. The number of aliphatic carboxylic acids is 1. The number of carbonyl (C=O) groups excluding carboxylic acids is 2. The molecule has 4 N–H and O–H groups in total. The maximum Gasteiger partial charge on any atom is 0.490 e. The number of carbonyl (C=O) groups is 3. The molecule has 0 saturated carbocycles. The highest BCUT2D eigenvalue weighted by molar-refractivity contribution is 6.00. The Labute approximate surface area is 212 Å². The molecule has 2 atom stereocenters. The third kappa shape index (κ3) is 7.29. The molecule has 4 rings (SSSR count). The standard InChI is InChI=1S/C25H27N3O2.C2HF3O2/c1-16-12-13-19(28-25(30)23-11-6-14-26-23)15-22(16)24(29)27-17(2)20-10-5-8-18-7-3-4-9-21(18)20;3-2(4,5)1(6)7/h3-5,7-10,12-13,15,17,23,26H,6,11,14H2,1-2H3,(H,27,29)(H,28,30);(H,6,7)/t17-,23-;/m1./s1. The second-order valence-electron chi connectivity index (χ2n) is 8.73. The molecule has 0 aliphatic carbocycles. The van der Waals surface area contributed by atoms with Gasteiger partial charge < -0.3 is 21.1 Å². The fourth-order valence-electron chi connectivity index (χ4n) is 4.06. The highest BCUT2D eigenvalue weighted by Gasteiger charge is 2.38. The molecule has 3 aromatic carbocycles. The van der Waals surface area contributed by atoms with Crippen molar-refractivity contribution < 1.29 is 32.7 Å². The summed E-state index contributed by atoms with van der Waals surface area (Å²) in [6.45, 7) is 4.76. The average molecular weight is 516 g/mol. The number of hydrogen-bond acceptors (Lipinski definition) is 4. The van der Waals surface area contributed by atoms with Gasteiger partial charge in [0.05, 0.1) is 12.1 Å². The number of amides is 2. The highest BCUT2D eigenvalue weighted by Crippen LogP contribution is 2.25. The third-order valence-electron chi connectivity index (χ3n) is 6.01. The van der Waals surface area contributed by atoms with Crippen molar-refractivity contribution in [1.29, 1.82) is 0 Å². The molecule has 1 aliphatic heterocycles. The van der Waals surface area contributed by atoms with Crippen LogP contribution in [-0.2, 0) is 9.59 Å². The number of alkyl halides is 3. The molecule has 1 saturated heterocycles. The van der Waals surface area contributed by atoms with Gasteiger partial charge in [0.2, 0.25) is 5.91 Å². The van der Waals surface area contributed by atoms with Crippen LogP contribution in [0.2, 0.25) is 0 Å². The fourth-order valence-corrected chi connectivity index (χ4v) is 4.06. The van der Waals surface area contributed by atoms with Crippen LogP contribution >= 0.6 is 0 Å². The number of hydrogen-bond donors (Lipinski definition) is 4. The third-order valence-corrected chi connectivity index (χ3v) is 6.01. The van der Waals surface area contributed by atoms with Crippen molar-refractivity contribution in [3.8, 4) is 0 Å². The zero-order valence-corrected chi connectivity index (χ0v) is 20.4. The molecule has 2 amide bonds. The molecule has 0 radical (unpaired) electrons. The monoisotopic (exact) mass is 515 g/mol. The summed E-state index contributed by atoms with van der Waals surface area (Å²) in [6, 6.07) is 19.5. The van der Waals surface area contributed by atoms with Crippen LogP contribution < -0.4 is 16.0 Å². The van der Waals surface area contributed by atoms with Crippen LogP contribution in [0.4, 0.5) is 18.9 Å². The summed E-state index contributed by atoms with van der Waals surface area (Å²) in [5.74, 6) is -2.96. The Morgan fingerprint density at radius 3 is 2.38 bits per heavy atom. The number of carboxylic acids is 1. The van der Waals surface area contributed by atoms with Crippen LogP contribution in [-0.4, -0.2) is 41.7 Å². The molecule has 0 spiro atoms. The Morgan fingerprint density at radius 1 is 1.05 bits per heavy atom. The van der Waals surface area contributed by atoms with Crippen molar-refractivity contribution in [3.05, 3.63) is 77.4 Å². The molecule has 0 unspecified atom stereocenters. The lowest BCUT2D eigenvalue weighted by Crippen LogP contribution is -2.35. The van der Waals surface area contributed by atoms with E-state index in [1.807, 2.05) is 50.2 Å². The number of benzene rings is 3. The quantitative estimate of drug-likeness (QED) is 0.384. The predicted octanol–water partition coefficient (Wildman–Crippen LogP) is 4.96. The van der Waals surface area contributed by atoms with Crippen LogP contribution in [0.1, 0.15) is 47.3 Å². The lowest BCUT2D eigenvalue weighted by molar-refractivity contribution is -0.192. The van der Waals surface area contributed by atoms with Crippen LogP contribution in [0, 0.1) is 6.92 Å². The van der Waals surface area contributed by atoms with Gasteiger partial charge in [-0.2, -0.15) is 13.2 Å². The van der Waals surface area contributed by atoms with Crippen LogP contribution in [0.25, 0.3) is 10.8 Å². The molecular formula is C27H28F3N3O4. The first-order valence-electron chi connectivity index (χ1n) is 11.7. The Kier molecular flexibility index (Phi) is 8.88. The van der Waals surface area contributed by atoms with E-state index in [4.69, 9.17) is 9.90 Å². The summed E-state index contributed by atoms with van der Waals surface area (Å²) in [5.41, 5.74) is 3.16. The molecule has 37 heavy (non-hydrogen) atoms. The minimum absolute atomic E-state index is 0.0492. The van der Waals surface area contributed by atoms with Crippen molar-refractivity contribution >= 4 is 34.2 Å². The van der Waals surface area contributed by atoms with Crippen molar-refractivity contribution in [2.45, 2.75) is 44.9 Å². The van der Waals surface area contributed by atoms with Gasteiger partial charge in [-0.15, -0.1) is 0 Å². The van der Waals surface area contributed by atoms with Gasteiger partial charge in [0.25, 0.3) is 5.91 Å². The second-order valence-corrected chi connectivity index (χ2v) is 8.73. The summed E-state index contributed by atoms with van der Waals surface area (Å²) in [4.78, 5) is 34.3. The fraction of sp³-hybridized carbons (Fsp3) is 0.296. The maximum absolute atomic E-state index is 13.0. The van der Waals surface area contributed by atoms with Crippen LogP contribution in [0.5, 0.6) is 0 Å². The molecule has 0 bridgehead atoms. The Morgan fingerprint density at radius 2 is 1.73 bits per heavy atom. The van der Waals surface area contributed by atoms with Gasteiger partial charge in [0.15, 0.2) is 0 Å². The first-order chi connectivity index (χ1) is 17.5. The van der Waals surface area contributed by atoms with Crippen molar-refractivity contribution in [1.82, 2.24) is 10.6 Å². The Hall–Kier alpha value is -3.92. The van der Waals surface area contributed by atoms with Gasteiger partial charge in [0, 0.05) is 11.3 Å². The van der Waals surface area contributed by atoms with E-state index in [0.29, 0.717) is 11.3 Å². The van der Waals surface area contributed by atoms with Gasteiger partial charge in [-0.1, -0.05) is 48.5 Å². The number of aryl methyl sites for hydroxylation is 1. The number of fused-ring (bicyclic) bond motifs is 1. The zero-order valence-electron chi connectivity index (χ0n) is 20.4. The normalized spacial score (nSPS) is 15.9. The molecule has 0 aromatic heterocycles. The lowest BCUT2D eigenvalue weighted by atomic mass is 9.99. The summed E-state index contributed by atoms with van der Waals surface area (Å²) in [6.07, 6.45) is -3.24. The predicted molar refractivity (Wildman–Crippen MR) is 134 cm³/mol. The van der Waals surface area contributed by atoms with E-state index in [9.17, 15) is 22.8 Å². The molecule has 1 fully saturated rings. The van der Waals surface area contributed by atoms with Gasteiger partial charge >= 0.3 is 12.1 Å². The van der Waals surface area contributed by atoms with E-state index in [2.05, 4.69) is 34.1 Å². The summed E-state index contributed by atoms with van der Waals surface area (Å²) < 4.78 is 31.7. The SMILES string of the molecule is Cc1ccc(NC(=O)[C@H]2CCCN2)cc1C(=O)N[C@H](C)c1cccc2ccccc12.O=C(O)C(F)(F)F. The summed E-state index contributed by atoms with van der Waals surface area (Å²) in [7, 11) is 0. The number of halogens is 3. The van der Waals surface area contributed by atoms with Gasteiger partial charge in [-0.25, -0.2) is 4.79 Å². The Bertz CT molecular complexity index is 1280. The minimum atomic E-state index is -5.08. The van der Waals surface area contributed by atoms with Gasteiger partial charge in [-0.05, 0) is 67.3 Å². The topological polar surface area (TPSA) is 108 Å². The first kappa shape index (κ1) is 27.7. The summed E-state index contributed by atoms with van der Waals surface area (Å²) in [5, 5.41) is 18.7. The molecule has 10 heteroatoms. The van der Waals surface area contributed by atoms with E-state index >= 15 is 0 Å². The maximum atomic E-state index is 13.0. The Balaban J connectivity index is 0.000000479. The number of anilines is 1. The van der Waals surface area contributed by atoms with E-state index in [-0.39, 0.29) is 23.9 Å². The van der Waals surface area contributed by atoms with E-state index < -0.39 is 12.1 Å². The molecule has 196 valence electrons. The molecule has 1 heterocycles. The largest absolute Gasteiger partial charge is 0.490 e. The second kappa shape index (κ2) is 11.9. The molecule has 7 nitrogen and oxygen atoms in total. The summed E-state index contributed by atoms with van der Waals surface area (Å²) >= 11 is 0. The van der Waals surface area contributed by atoms with Crippen molar-refractivity contribution in [2.75, 3.05) is 11.9 Å². The molecule has 3 aromatic rings. The van der Waals surface area contributed by atoms with Crippen molar-refractivity contribution in [2.24, 2.45) is 0 Å². The van der Waals surface area contributed by atoms with Crippen LogP contribution in [0.15, 0.2) is 60.7 Å². The lowest BCUT2D eigenvalue weighted by Gasteiger charge is -2.18. The number of nitrogens with one attached hydrogen (secondary N) is 3. The highest BCUT2D eigenvalue weighted by atomic mass is 19.4. The van der Waals surface area contributed by atoms with E-state index in [0.717, 1.165) is 41.3 Å². The van der Waals surface area contributed by atoms with Gasteiger partial charge in [-0.3, -0.25) is 9.59 Å². The van der Waals surface area contributed by atoms with E-state index in [1.54, 1.807) is 6.07 Å².